The third-order valence-corrected chi connectivity index (χ3v) is 14.0. The largest absolute Gasteiger partial charge is 0.481 e. The Balaban J connectivity index is 1.45. The zero-order valence-corrected chi connectivity index (χ0v) is 33.1. The molecule has 0 saturated carbocycles. The van der Waals surface area contributed by atoms with Gasteiger partial charge in [-0.1, -0.05) is 32.9 Å². The number of nitro groups is 1. The predicted octanol–water partition coefficient (Wildman–Crippen LogP) is 4.47. The highest BCUT2D eigenvalue weighted by molar-refractivity contribution is 8.03. The summed E-state index contributed by atoms with van der Waals surface area (Å²) in [6.07, 6.45) is 3.48. The van der Waals surface area contributed by atoms with Gasteiger partial charge in [-0.3, -0.25) is 29.3 Å². The van der Waals surface area contributed by atoms with Gasteiger partial charge in [0.05, 0.1) is 27.4 Å². The Labute approximate surface area is 330 Å². The van der Waals surface area contributed by atoms with Crippen LogP contribution in [0.25, 0.3) is 16.9 Å². The van der Waals surface area contributed by atoms with E-state index in [9.17, 15) is 42.8 Å². The van der Waals surface area contributed by atoms with Gasteiger partial charge in [-0.15, -0.1) is 11.8 Å². The number of carbonyl (C=O) groups excluding carboxylic acids is 2. The second kappa shape index (κ2) is 14.9. The lowest BCUT2D eigenvalue weighted by atomic mass is 9.73. The molecule has 1 fully saturated rings. The van der Waals surface area contributed by atoms with Crippen LogP contribution >= 0.6 is 11.8 Å². The van der Waals surface area contributed by atoms with E-state index < -0.39 is 78.4 Å². The third-order valence-electron chi connectivity index (χ3n) is 9.84. The topological polar surface area (TPSA) is 240 Å². The van der Waals surface area contributed by atoms with E-state index in [2.05, 4.69) is 9.97 Å². The smallest absolute Gasteiger partial charge is 0.335 e. The van der Waals surface area contributed by atoms with Crippen LogP contribution in [0.3, 0.4) is 0 Å². The van der Waals surface area contributed by atoms with Crippen molar-refractivity contribution in [1.29, 1.82) is 0 Å². The first-order valence-electron chi connectivity index (χ1n) is 17.5. The van der Waals surface area contributed by atoms with E-state index in [0.717, 1.165) is 15.1 Å². The van der Waals surface area contributed by atoms with Crippen molar-refractivity contribution in [1.82, 2.24) is 23.4 Å². The maximum Gasteiger partial charge on any atom is 0.335 e. The molecule has 1 saturated heterocycles. The fraction of sp³-hybridized carbons (Fsp3) is 0.316. The summed E-state index contributed by atoms with van der Waals surface area (Å²) < 4.78 is 37.2. The number of benzene rings is 2. The molecule has 4 heterocycles. The number of nitrogens with zero attached hydrogens (tertiary/aromatic N) is 6. The van der Waals surface area contributed by atoms with Gasteiger partial charge in [0.25, 0.3) is 5.69 Å². The number of aromatic nitrogens is 4. The summed E-state index contributed by atoms with van der Waals surface area (Å²) in [5.41, 5.74) is 5.28. The molecule has 1 unspecified atom stereocenters. The number of fused-ring (bicyclic) bond motifs is 1. The number of amides is 1. The molecule has 6 rings (SSSR count). The summed E-state index contributed by atoms with van der Waals surface area (Å²) in [4.78, 5) is 70.0. The van der Waals surface area contributed by atoms with Crippen molar-refractivity contribution in [3.63, 3.8) is 0 Å². The normalized spacial score (nSPS) is 18.9. The van der Waals surface area contributed by atoms with E-state index in [1.54, 1.807) is 71.0 Å². The van der Waals surface area contributed by atoms with Crippen molar-refractivity contribution in [3.8, 4) is 11.4 Å². The number of carboxylic acids is 1. The summed E-state index contributed by atoms with van der Waals surface area (Å²) >= 11 is 1.17. The van der Waals surface area contributed by atoms with Crippen LogP contribution in [-0.2, 0) is 31.0 Å². The van der Waals surface area contributed by atoms with Gasteiger partial charge in [0.2, 0.25) is 15.9 Å². The molecule has 5 aromatic rings. The fourth-order valence-electron chi connectivity index (χ4n) is 7.51. The van der Waals surface area contributed by atoms with Gasteiger partial charge in [-0.2, -0.15) is 4.31 Å². The number of nitrogens with two attached hydrogens (primary N) is 1. The van der Waals surface area contributed by atoms with Gasteiger partial charge in [-0.05, 0) is 73.4 Å². The lowest BCUT2D eigenvalue weighted by Crippen LogP contribution is -2.62. The Morgan fingerprint density at radius 2 is 1.68 bits per heavy atom. The van der Waals surface area contributed by atoms with Crippen LogP contribution in [0.2, 0.25) is 0 Å². The first-order chi connectivity index (χ1) is 26.7. The van der Waals surface area contributed by atoms with Crippen LogP contribution in [0.1, 0.15) is 52.5 Å². The minimum Gasteiger partial charge on any atom is -0.481 e. The van der Waals surface area contributed by atoms with Crippen molar-refractivity contribution in [2.45, 2.75) is 74.1 Å². The molecule has 3 aromatic heterocycles. The molecule has 0 spiro atoms. The quantitative estimate of drug-likeness (QED) is 0.0766. The monoisotopic (exact) mass is 817 g/mol. The molecule has 19 heteroatoms. The average molecular weight is 818 g/mol. The molecular formula is C38H39N7O10S2. The summed E-state index contributed by atoms with van der Waals surface area (Å²) in [5, 5.41) is 21.4. The Morgan fingerprint density at radius 1 is 1.04 bits per heavy atom. The van der Waals surface area contributed by atoms with Crippen LogP contribution in [0.5, 0.6) is 5.75 Å². The van der Waals surface area contributed by atoms with Gasteiger partial charge in [0, 0.05) is 41.4 Å². The molecule has 1 aliphatic rings. The zero-order chi connectivity index (χ0) is 41.7. The number of ether oxygens (including phenoxy) is 1. The van der Waals surface area contributed by atoms with Gasteiger partial charge in [0.15, 0.2) is 5.65 Å². The molecule has 3 N–H and O–H groups in total. The lowest BCUT2D eigenvalue weighted by molar-refractivity contribution is -0.384. The Kier molecular flexibility index (Phi) is 10.6. The highest BCUT2D eigenvalue weighted by Gasteiger charge is 2.69. The number of thioether (sulfide) groups is 1. The molecule has 2 aromatic carbocycles. The van der Waals surface area contributed by atoms with Crippen molar-refractivity contribution in [2.75, 3.05) is 0 Å². The maximum absolute atomic E-state index is 14.8. The standard InChI is InChI=1S/C38H39N7O10S2/c1-36(2,3)38(44(32(33(39)49)37(4,5)56-38)57(53,54)27-8-6-18-40-21-27)28(20-30(46)47)23-10-12-24(13-11-23)43-34-29(9-7-19-41-34)42(35(43)50)22-31(48)55-26-16-14-25(15-17-26)45(51)52/h6-19,21,28,32H,20,22H2,1-5H3,(H2,39,49)(H,46,47)/t28?,32-,38+/m1/s1. The molecule has 17 nitrogen and oxygen atoms in total. The van der Waals surface area contributed by atoms with E-state index in [1.807, 2.05) is 0 Å². The number of esters is 1. The van der Waals surface area contributed by atoms with Gasteiger partial charge in [-0.25, -0.2) is 27.6 Å². The van der Waals surface area contributed by atoms with Gasteiger partial charge < -0.3 is 15.6 Å². The molecule has 0 bridgehead atoms. The number of hydrogen-bond acceptors (Lipinski definition) is 12. The summed E-state index contributed by atoms with van der Waals surface area (Å²) in [5.74, 6) is -4.01. The van der Waals surface area contributed by atoms with Gasteiger partial charge >= 0.3 is 17.6 Å². The lowest BCUT2D eigenvalue weighted by Gasteiger charge is -2.51. The molecule has 0 aliphatic carbocycles. The fourth-order valence-corrected chi connectivity index (χ4v) is 12.1. The number of hydrogen-bond donors (Lipinski definition) is 2. The number of nitro benzene ring substituents is 1. The molecule has 298 valence electrons. The number of pyridine rings is 2. The molecule has 3 atom stereocenters. The van der Waals surface area contributed by atoms with E-state index in [4.69, 9.17) is 10.5 Å². The minimum atomic E-state index is -4.56. The second-order valence-electron chi connectivity index (χ2n) is 15.0. The molecule has 57 heavy (non-hydrogen) atoms. The van der Waals surface area contributed by atoms with Crippen LogP contribution in [-0.4, -0.2) is 75.4 Å². The number of aliphatic carboxylic acids is 1. The summed E-state index contributed by atoms with van der Waals surface area (Å²) in [6.45, 7) is 8.20. The Bertz CT molecular complexity index is 2550. The first-order valence-corrected chi connectivity index (χ1v) is 19.7. The number of imidazole rings is 1. The molecule has 0 radical (unpaired) electrons. The maximum atomic E-state index is 14.8. The van der Waals surface area contributed by atoms with Crippen molar-refractivity contribution in [2.24, 2.45) is 11.1 Å². The van der Waals surface area contributed by atoms with Crippen molar-refractivity contribution >= 4 is 56.5 Å². The number of primary amides is 1. The molecule has 1 aliphatic heterocycles. The van der Waals surface area contributed by atoms with Crippen LogP contribution in [0.4, 0.5) is 5.69 Å². The third kappa shape index (κ3) is 7.28. The summed E-state index contributed by atoms with van der Waals surface area (Å²) in [6, 6.07) is 15.8. The Hall–Kier alpha value is -5.92. The number of carbonyl (C=O) groups is 3. The average Bonchev–Trinajstić information content (AvgIpc) is 3.58. The number of rotatable bonds is 12. The number of carboxylic acid groups (broad SMARTS) is 1. The van der Waals surface area contributed by atoms with Crippen LogP contribution in [0, 0.1) is 15.5 Å². The highest BCUT2D eigenvalue weighted by atomic mass is 32.2. The molecule has 1 amide bonds. The zero-order valence-electron chi connectivity index (χ0n) is 31.4. The van der Waals surface area contributed by atoms with Crippen LogP contribution in [0.15, 0.2) is 101 Å². The molecular weight excluding hydrogens is 779 g/mol. The highest BCUT2D eigenvalue weighted by Crippen LogP contribution is 2.66. The van der Waals surface area contributed by atoms with Crippen molar-refractivity contribution < 1.29 is 37.6 Å². The first kappa shape index (κ1) is 40.7. The van der Waals surface area contributed by atoms with E-state index in [1.165, 1.54) is 65.1 Å². The Morgan fingerprint density at radius 3 is 2.25 bits per heavy atom. The summed E-state index contributed by atoms with van der Waals surface area (Å²) in [7, 11) is -4.56. The second-order valence-corrected chi connectivity index (χ2v) is 18.7. The van der Waals surface area contributed by atoms with E-state index >= 15 is 0 Å². The number of sulfonamides is 1. The SMILES string of the molecule is CC1(C)S[C@@](C(CC(=O)O)c2ccc(-n3c(=O)n(CC(=O)Oc4ccc([N+](=O)[O-])cc4)c4cccnc43)cc2)(C(C)(C)C)N(S(=O)(=O)c2cccnc2)[C@@H]1C(N)=O. The van der Waals surface area contributed by atoms with Crippen molar-refractivity contribution in [3.05, 3.63) is 118 Å². The van der Waals surface area contributed by atoms with E-state index in [-0.39, 0.29) is 22.0 Å². The predicted molar refractivity (Wildman–Crippen MR) is 209 cm³/mol. The number of non-ortho nitro benzene ring substituents is 1. The van der Waals surface area contributed by atoms with Crippen LogP contribution < -0.4 is 16.2 Å². The minimum absolute atomic E-state index is 0.0396. The van der Waals surface area contributed by atoms with E-state index in [0.29, 0.717) is 16.8 Å². The van der Waals surface area contributed by atoms with Gasteiger partial charge in [0.1, 0.15) is 23.2 Å².